The van der Waals surface area contributed by atoms with Crippen molar-refractivity contribution >= 4 is 17.7 Å². The highest BCUT2D eigenvalue weighted by atomic mass is 32.2. The van der Waals surface area contributed by atoms with E-state index in [1.807, 2.05) is 13.0 Å². The first kappa shape index (κ1) is 14.8. The molecule has 1 aromatic carbocycles. The summed E-state index contributed by atoms with van der Waals surface area (Å²) in [7, 11) is 2.97. The molecule has 0 heterocycles. The molecule has 0 amide bonds. The Bertz CT molecular complexity index is 342. The summed E-state index contributed by atoms with van der Waals surface area (Å²) in [6.45, 7) is 2.02. The fraction of sp³-hybridized carbons (Fsp3) is 0.364. The molecule has 16 heavy (non-hydrogen) atoms. The highest BCUT2D eigenvalue weighted by Crippen LogP contribution is 2.25. The molecule has 0 fully saturated rings. The largest absolute Gasteiger partial charge is 0.496 e. The van der Waals surface area contributed by atoms with Gasteiger partial charge in [-0.25, -0.2) is 4.79 Å². The average molecular weight is 243 g/mol. The minimum Gasteiger partial charge on any atom is -0.496 e. The Morgan fingerprint density at radius 2 is 2.12 bits per heavy atom. The van der Waals surface area contributed by atoms with E-state index in [9.17, 15) is 4.79 Å². The van der Waals surface area contributed by atoms with Crippen molar-refractivity contribution in [1.29, 1.82) is 0 Å². The van der Waals surface area contributed by atoms with Gasteiger partial charge in [0.15, 0.2) is 0 Å². The lowest BCUT2D eigenvalue weighted by molar-refractivity contribution is 0.0693. The number of thioether (sulfide) groups is 1. The predicted octanol–water partition coefficient (Wildman–Crippen LogP) is 2.08. The van der Waals surface area contributed by atoms with Crippen molar-refractivity contribution in [2.24, 2.45) is 5.73 Å². The first-order valence-corrected chi connectivity index (χ1v) is 5.79. The predicted molar refractivity (Wildman–Crippen MR) is 66.5 cm³/mol. The number of aromatic carboxylic acids is 1. The second-order valence-electron chi connectivity index (χ2n) is 2.60. The minimum atomic E-state index is -0.958. The van der Waals surface area contributed by atoms with Crippen LogP contribution in [0.5, 0.6) is 5.75 Å². The molecule has 0 aliphatic rings. The van der Waals surface area contributed by atoms with Gasteiger partial charge in [0.25, 0.3) is 0 Å². The second-order valence-corrected chi connectivity index (χ2v) is 3.94. The van der Waals surface area contributed by atoms with Gasteiger partial charge in [-0.05, 0) is 31.0 Å². The van der Waals surface area contributed by atoms with Crippen LogP contribution in [0.25, 0.3) is 0 Å². The van der Waals surface area contributed by atoms with Crippen molar-refractivity contribution in [3.8, 4) is 5.75 Å². The smallest absolute Gasteiger partial charge is 0.339 e. The summed E-state index contributed by atoms with van der Waals surface area (Å²) >= 11 is 1.61. The monoisotopic (exact) mass is 243 g/mol. The molecule has 1 rings (SSSR count). The average Bonchev–Trinajstić information content (AvgIpc) is 2.32. The van der Waals surface area contributed by atoms with Crippen LogP contribution in [-0.4, -0.2) is 31.0 Å². The molecule has 0 aromatic heterocycles. The quantitative estimate of drug-likeness (QED) is 0.792. The molecular weight excluding hydrogens is 226 g/mol. The number of hydrogen-bond acceptors (Lipinski definition) is 4. The summed E-state index contributed by atoms with van der Waals surface area (Å²) in [5, 5.41) is 8.90. The second kappa shape index (κ2) is 8.01. The van der Waals surface area contributed by atoms with Gasteiger partial charge in [-0.1, -0.05) is 6.92 Å². The normalized spacial score (nSPS) is 9.00. The Hall–Kier alpha value is -1.20. The molecule has 0 spiro atoms. The van der Waals surface area contributed by atoms with Crippen LogP contribution in [0.1, 0.15) is 17.3 Å². The van der Waals surface area contributed by atoms with Crippen LogP contribution in [0.2, 0.25) is 0 Å². The van der Waals surface area contributed by atoms with Gasteiger partial charge in [0.05, 0.1) is 7.11 Å². The molecule has 0 bridgehead atoms. The SMILES string of the molecule is CCSc1ccc(OC)c(C(=O)O)c1.CN. The molecule has 0 saturated carbocycles. The highest BCUT2D eigenvalue weighted by molar-refractivity contribution is 7.99. The molecule has 90 valence electrons. The van der Waals surface area contributed by atoms with Crippen molar-refractivity contribution in [3.05, 3.63) is 23.8 Å². The zero-order valence-corrected chi connectivity index (χ0v) is 10.5. The summed E-state index contributed by atoms with van der Waals surface area (Å²) in [4.78, 5) is 11.8. The maximum absolute atomic E-state index is 10.8. The van der Waals surface area contributed by atoms with Gasteiger partial charge in [0.2, 0.25) is 0 Å². The summed E-state index contributed by atoms with van der Waals surface area (Å²) in [5.74, 6) is 0.365. The molecule has 5 heteroatoms. The van der Waals surface area contributed by atoms with Crippen molar-refractivity contribution in [3.63, 3.8) is 0 Å². The molecule has 4 nitrogen and oxygen atoms in total. The maximum Gasteiger partial charge on any atom is 0.339 e. The van der Waals surface area contributed by atoms with Gasteiger partial charge in [0, 0.05) is 4.90 Å². The molecule has 3 N–H and O–H groups in total. The Morgan fingerprint density at radius 3 is 2.56 bits per heavy atom. The minimum absolute atomic E-state index is 0.214. The Kier molecular flexibility index (Phi) is 7.41. The lowest BCUT2D eigenvalue weighted by atomic mass is 10.2. The van der Waals surface area contributed by atoms with Gasteiger partial charge in [-0.3, -0.25) is 0 Å². The number of methoxy groups -OCH3 is 1. The standard InChI is InChI=1S/C10H12O3S.CH5N/c1-3-14-7-4-5-9(13-2)8(6-7)10(11)12;1-2/h4-6H,3H2,1-2H3,(H,11,12);2H2,1H3. The van der Waals surface area contributed by atoms with Gasteiger partial charge < -0.3 is 15.6 Å². The van der Waals surface area contributed by atoms with Crippen LogP contribution in [0.3, 0.4) is 0 Å². The zero-order valence-electron chi connectivity index (χ0n) is 9.69. The fourth-order valence-corrected chi connectivity index (χ4v) is 1.81. The number of carboxylic acids is 1. The van der Waals surface area contributed by atoms with Crippen LogP contribution >= 0.6 is 11.8 Å². The molecule has 1 aromatic rings. The molecule has 0 saturated heterocycles. The Labute approximate surface area is 99.8 Å². The third-order valence-electron chi connectivity index (χ3n) is 1.71. The van der Waals surface area contributed by atoms with Gasteiger partial charge >= 0.3 is 5.97 Å². The number of ether oxygens (including phenoxy) is 1. The number of benzene rings is 1. The molecule has 0 atom stereocenters. The van der Waals surface area contributed by atoms with E-state index in [-0.39, 0.29) is 5.56 Å². The Balaban J connectivity index is 0.00000106. The lowest BCUT2D eigenvalue weighted by Gasteiger charge is -2.06. The van der Waals surface area contributed by atoms with Gasteiger partial charge in [-0.2, -0.15) is 0 Å². The van der Waals surface area contributed by atoms with E-state index in [2.05, 4.69) is 5.73 Å². The first-order chi connectivity index (χ1) is 7.69. The molecule has 0 aliphatic heterocycles. The van der Waals surface area contributed by atoms with Crippen LogP contribution in [-0.2, 0) is 0 Å². The molecule has 0 unspecified atom stereocenters. The number of nitrogens with two attached hydrogens (primary N) is 1. The van der Waals surface area contributed by atoms with E-state index < -0.39 is 5.97 Å². The first-order valence-electron chi connectivity index (χ1n) is 4.81. The van der Waals surface area contributed by atoms with Crippen molar-refractivity contribution in [2.45, 2.75) is 11.8 Å². The molecular formula is C11H17NO3S. The topological polar surface area (TPSA) is 72.5 Å². The lowest BCUT2D eigenvalue weighted by Crippen LogP contribution is -2.00. The van der Waals surface area contributed by atoms with Gasteiger partial charge in [-0.15, -0.1) is 11.8 Å². The molecule has 0 aliphatic carbocycles. The van der Waals surface area contributed by atoms with E-state index in [4.69, 9.17) is 9.84 Å². The zero-order chi connectivity index (χ0) is 12.6. The molecule has 0 radical (unpaired) electrons. The van der Waals surface area contributed by atoms with E-state index in [0.717, 1.165) is 10.6 Å². The van der Waals surface area contributed by atoms with Crippen LogP contribution in [0.4, 0.5) is 0 Å². The van der Waals surface area contributed by atoms with Gasteiger partial charge in [0.1, 0.15) is 11.3 Å². The third kappa shape index (κ3) is 4.12. The van der Waals surface area contributed by atoms with Crippen molar-refractivity contribution in [2.75, 3.05) is 19.9 Å². The summed E-state index contributed by atoms with van der Waals surface area (Å²) in [6, 6.07) is 5.18. The van der Waals surface area contributed by atoms with Crippen molar-refractivity contribution < 1.29 is 14.6 Å². The number of hydrogen-bond donors (Lipinski definition) is 2. The maximum atomic E-state index is 10.8. The van der Waals surface area contributed by atoms with E-state index in [0.29, 0.717) is 5.75 Å². The van der Waals surface area contributed by atoms with Crippen LogP contribution in [0.15, 0.2) is 23.1 Å². The third-order valence-corrected chi connectivity index (χ3v) is 2.59. The summed E-state index contributed by atoms with van der Waals surface area (Å²) in [6.07, 6.45) is 0. The Morgan fingerprint density at radius 1 is 1.50 bits per heavy atom. The van der Waals surface area contributed by atoms with E-state index in [1.165, 1.54) is 14.2 Å². The van der Waals surface area contributed by atoms with Crippen molar-refractivity contribution in [1.82, 2.24) is 0 Å². The number of rotatable bonds is 4. The fourth-order valence-electron chi connectivity index (χ4n) is 1.11. The van der Waals surface area contributed by atoms with E-state index >= 15 is 0 Å². The summed E-state index contributed by atoms with van der Waals surface area (Å²) < 4.78 is 4.95. The number of carboxylic acid groups (broad SMARTS) is 1. The van der Waals surface area contributed by atoms with E-state index in [1.54, 1.807) is 23.9 Å². The summed E-state index contributed by atoms with van der Waals surface area (Å²) in [5.41, 5.74) is 4.71. The highest BCUT2D eigenvalue weighted by Gasteiger charge is 2.11. The van der Waals surface area contributed by atoms with Crippen LogP contribution in [0, 0.1) is 0 Å². The number of carbonyl (C=O) groups is 1. The van der Waals surface area contributed by atoms with Crippen LogP contribution < -0.4 is 10.5 Å².